The molecule has 164 valence electrons. The molecule has 2 aromatic rings. The lowest BCUT2D eigenvalue weighted by Gasteiger charge is -2.31. The molecule has 1 atom stereocenters. The molecule has 0 unspecified atom stereocenters. The Balaban J connectivity index is 2.06. The van der Waals surface area contributed by atoms with Crippen LogP contribution in [0.25, 0.3) is 0 Å². The number of benzene rings is 2. The van der Waals surface area contributed by atoms with Gasteiger partial charge in [0.15, 0.2) is 16.6 Å². The molecule has 0 saturated heterocycles. The van der Waals surface area contributed by atoms with Gasteiger partial charge in [-0.1, -0.05) is 12.1 Å². The molecule has 3 rings (SSSR count). The van der Waals surface area contributed by atoms with Crippen molar-refractivity contribution in [3.05, 3.63) is 58.3 Å². The van der Waals surface area contributed by atoms with E-state index in [4.69, 9.17) is 26.4 Å². The average Bonchev–Trinajstić information content (AvgIpc) is 2.75. The number of thiocarbonyl (C=S) groups is 1. The number of anilines is 1. The van der Waals surface area contributed by atoms with Gasteiger partial charge in [0, 0.05) is 11.4 Å². The molecule has 8 heteroatoms. The summed E-state index contributed by atoms with van der Waals surface area (Å²) in [6.45, 7) is 5.82. The Labute approximate surface area is 187 Å². The third-order valence-corrected chi connectivity index (χ3v) is 5.61. The Bertz CT molecular complexity index is 1040. The zero-order valence-corrected chi connectivity index (χ0v) is 19.3. The van der Waals surface area contributed by atoms with Crippen molar-refractivity contribution in [1.29, 1.82) is 0 Å². The number of methoxy groups -OCH3 is 3. The van der Waals surface area contributed by atoms with E-state index < -0.39 is 6.04 Å². The molecule has 0 aromatic heterocycles. The standard InChI is InChI=1S/C23H27N3O4S/c1-12-8-7-9-16(13(12)2)25-22(27)19-14(3)24-23(31)26-20(19)15-10-17(28-4)21(30-6)18(11-15)29-5/h7-11,20H,1-6H3,(H,25,27)(H2,24,26,31)/t20-/m1/s1. The quantitative estimate of drug-likeness (QED) is 0.589. The average molecular weight is 442 g/mol. The lowest BCUT2D eigenvalue weighted by Crippen LogP contribution is -2.45. The van der Waals surface area contributed by atoms with Crippen LogP contribution in [0, 0.1) is 13.8 Å². The normalized spacial score (nSPS) is 15.7. The first-order chi connectivity index (χ1) is 14.8. The number of amides is 1. The number of aryl methyl sites for hydroxylation is 1. The van der Waals surface area contributed by atoms with Crippen molar-refractivity contribution in [3.63, 3.8) is 0 Å². The van der Waals surface area contributed by atoms with Gasteiger partial charge in [-0.3, -0.25) is 4.79 Å². The number of hydrogen-bond acceptors (Lipinski definition) is 5. The fourth-order valence-corrected chi connectivity index (χ4v) is 3.86. The van der Waals surface area contributed by atoms with Crippen LogP contribution < -0.4 is 30.2 Å². The maximum absolute atomic E-state index is 13.4. The highest BCUT2D eigenvalue weighted by Crippen LogP contribution is 2.41. The summed E-state index contributed by atoms with van der Waals surface area (Å²) in [5.74, 6) is 1.24. The van der Waals surface area contributed by atoms with Gasteiger partial charge >= 0.3 is 0 Å². The van der Waals surface area contributed by atoms with Crippen molar-refractivity contribution in [2.45, 2.75) is 26.8 Å². The monoisotopic (exact) mass is 441 g/mol. The second-order valence-electron chi connectivity index (χ2n) is 7.23. The van der Waals surface area contributed by atoms with Gasteiger partial charge < -0.3 is 30.2 Å². The summed E-state index contributed by atoms with van der Waals surface area (Å²) in [7, 11) is 4.65. The highest BCUT2D eigenvalue weighted by molar-refractivity contribution is 7.80. The summed E-state index contributed by atoms with van der Waals surface area (Å²) in [5, 5.41) is 9.72. The van der Waals surface area contributed by atoms with Gasteiger partial charge in [-0.2, -0.15) is 0 Å². The molecule has 0 spiro atoms. The molecule has 1 amide bonds. The number of carbonyl (C=O) groups is 1. The third kappa shape index (κ3) is 4.44. The highest BCUT2D eigenvalue weighted by atomic mass is 32.1. The summed E-state index contributed by atoms with van der Waals surface area (Å²) in [6, 6.07) is 8.93. The Hall–Kier alpha value is -3.26. The van der Waals surface area contributed by atoms with Crippen LogP contribution in [0.3, 0.4) is 0 Å². The predicted molar refractivity (Wildman–Crippen MR) is 125 cm³/mol. The van der Waals surface area contributed by atoms with Crippen LogP contribution in [0.15, 0.2) is 41.6 Å². The SMILES string of the molecule is COc1cc([C@H]2NC(=S)NC(C)=C2C(=O)Nc2cccc(C)c2C)cc(OC)c1OC. The number of ether oxygens (including phenoxy) is 3. The Morgan fingerprint density at radius 1 is 1.03 bits per heavy atom. The van der Waals surface area contributed by atoms with Crippen molar-refractivity contribution >= 4 is 28.9 Å². The van der Waals surface area contributed by atoms with Crippen LogP contribution in [0.1, 0.15) is 29.7 Å². The number of carbonyl (C=O) groups excluding carboxylic acids is 1. The molecule has 7 nitrogen and oxygen atoms in total. The zero-order chi connectivity index (χ0) is 22.7. The van der Waals surface area contributed by atoms with Gasteiger partial charge in [0.25, 0.3) is 5.91 Å². The van der Waals surface area contributed by atoms with Crippen molar-refractivity contribution in [1.82, 2.24) is 10.6 Å². The maximum Gasteiger partial charge on any atom is 0.255 e. The minimum absolute atomic E-state index is 0.229. The molecule has 1 aliphatic rings. The van der Waals surface area contributed by atoms with Gasteiger partial charge in [-0.25, -0.2) is 0 Å². The van der Waals surface area contributed by atoms with Crippen LogP contribution in [0.4, 0.5) is 5.69 Å². The van der Waals surface area contributed by atoms with Gasteiger partial charge in [-0.05, 0) is 67.9 Å². The molecule has 1 heterocycles. The molecular weight excluding hydrogens is 414 g/mol. The lowest BCUT2D eigenvalue weighted by atomic mass is 9.94. The van der Waals surface area contributed by atoms with E-state index in [0.29, 0.717) is 33.6 Å². The van der Waals surface area contributed by atoms with E-state index in [9.17, 15) is 4.79 Å². The molecule has 3 N–H and O–H groups in total. The minimum atomic E-state index is -0.507. The van der Waals surface area contributed by atoms with Crippen LogP contribution in [-0.2, 0) is 4.79 Å². The van der Waals surface area contributed by atoms with Gasteiger partial charge in [0.1, 0.15) is 0 Å². The number of nitrogens with one attached hydrogen (secondary N) is 3. The van der Waals surface area contributed by atoms with Crippen molar-refractivity contribution in [2.75, 3.05) is 26.6 Å². The van der Waals surface area contributed by atoms with E-state index in [1.807, 2.05) is 51.1 Å². The largest absolute Gasteiger partial charge is 0.493 e. The van der Waals surface area contributed by atoms with E-state index in [1.165, 1.54) is 0 Å². The Morgan fingerprint density at radius 2 is 1.68 bits per heavy atom. The summed E-state index contributed by atoms with van der Waals surface area (Å²) in [5.41, 5.74) is 4.83. The van der Waals surface area contributed by atoms with Crippen LogP contribution in [0.2, 0.25) is 0 Å². The van der Waals surface area contributed by atoms with Gasteiger partial charge in [0.2, 0.25) is 5.75 Å². The molecular formula is C23H27N3O4S. The molecule has 0 fully saturated rings. The molecule has 31 heavy (non-hydrogen) atoms. The highest BCUT2D eigenvalue weighted by Gasteiger charge is 2.31. The third-order valence-electron chi connectivity index (χ3n) is 5.39. The maximum atomic E-state index is 13.4. The first-order valence-electron chi connectivity index (χ1n) is 9.76. The first kappa shape index (κ1) is 22.4. The fourth-order valence-electron chi connectivity index (χ4n) is 3.59. The first-order valence-corrected chi connectivity index (χ1v) is 10.2. The smallest absolute Gasteiger partial charge is 0.255 e. The van der Waals surface area contributed by atoms with E-state index in [2.05, 4.69) is 16.0 Å². The van der Waals surface area contributed by atoms with Crippen molar-refractivity contribution in [3.8, 4) is 17.2 Å². The molecule has 0 saturated carbocycles. The molecule has 2 aromatic carbocycles. The van der Waals surface area contributed by atoms with Gasteiger partial charge in [-0.15, -0.1) is 0 Å². The number of hydrogen-bond donors (Lipinski definition) is 3. The number of allylic oxidation sites excluding steroid dienone is 1. The zero-order valence-electron chi connectivity index (χ0n) is 18.5. The van der Waals surface area contributed by atoms with E-state index in [0.717, 1.165) is 22.4 Å². The molecule has 0 aliphatic carbocycles. The van der Waals surface area contributed by atoms with Gasteiger partial charge in [0.05, 0.1) is 32.9 Å². The predicted octanol–water partition coefficient (Wildman–Crippen LogP) is 3.76. The lowest BCUT2D eigenvalue weighted by molar-refractivity contribution is -0.113. The Kier molecular flexibility index (Phi) is 6.70. The van der Waals surface area contributed by atoms with E-state index >= 15 is 0 Å². The van der Waals surface area contributed by atoms with E-state index in [1.54, 1.807) is 21.3 Å². The van der Waals surface area contributed by atoms with Crippen LogP contribution >= 0.6 is 12.2 Å². The van der Waals surface area contributed by atoms with E-state index in [-0.39, 0.29) is 5.91 Å². The van der Waals surface area contributed by atoms with Crippen LogP contribution in [0.5, 0.6) is 17.2 Å². The summed E-state index contributed by atoms with van der Waals surface area (Å²) < 4.78 is 16.4. The summed E-state index contributed by atoms with van der Waals surface area (Å²) >= 11 is 5.36. The molecule has 0 radical (unpaired) electrons. The van der Waals surface area contributed by atoms with Crippen LogP contribution in [-0.4, -0.2) is 32.3 Å². The van der Waals surface area contributed by atoms with Crippen molar-refractivity contribution in [2.24, 2.45) is 0 Å². The number of rotatable bonds is 6. The van der Waals surface area contributed by atoms with Crippen molar-refractivity contribution < 1.29 is 19.0 Å². The minimum Gasteiger partial charge on any atom is -0.493 e. The molecule has 1 aliphatic heterocycles. The fraction of sp³-hybridized carbons (Fsp3) is 0.304. The topological polar surface area (TPSA) is 80.9 Å². The second kappa shape index (κ2) is 9.26. The second-order valence-corrected chi connectivity index (χ2v) is 7.64. The Morgan fingerprint density at radius 3 is 2.26 bits per heavy atom. The summed E-state index contributed by atoms with van der Waals surface area (Å²) in [6.07, 6.45) is 0. The molecule has 0 bridgehead atoms. The summed E-state index contributed by atoms with van der Waals surface area (Å²) in [4.78, 5) is 13.4.